The van der Waals surface area contributed by atoms with Gasteiger partial charge in [0.25, 0.3) is 0 Å². The molecule has 1 aliphatic rings. The zero-order valence-electron chi connectivity index (χ0n) is 7.97. The van der Waals surface area contributed by atoms with Crippen LogP contribution in [0.3, 0.4) is 0 Å². The van der Waals surface area contributed by atoms with Crippen LogP contribution in [0.25, 0.3) is 0 Å². The third kappa shape index (κ3) is 2.47. The second-order valence-electron chi connectivity index (χ2n) is 3.76. The topological polar surface area (TPSA) is 46.2 Å². The molecule has 2 rings (SSSR count). The minimum Gasteiger partial charge on any atom is -0.391 e. The molecule has 0 unspecified atom stereocenters. The molecule has 14 heavy (non-hydrogen) atoms. The molecular weight excluding hydrogens is 198 g/mol. The average Bonchev–Trinajstić information content (AvgIpc) is 3.00. The van der Waals surface area contributed by atoms with Crippen molar-refractivity contribution in [3.05, 3.63) is 35.9 Å². The van der Waals surface area contributed by atoms with Gasteiger partial charge in [-0.05, 0) is 24.3 Å². The van der Waals surface area contributed by atoms with Crippen molar-refractivity contribution in [2.75, 3.05) is 0 Å². The number of aliphatic hydroxyl groups excluding tert-OH is 1. The van der Waals surface area contributed by atoms with Crippen molar-refractivity contribution in [2.24, 2.45) is 11.7 Å². The van der Waals surface area contributed by atoms with Gasteiger partial charge < -0.3 is 10.8 Å². The van der Waals surface area contributed by atoms with Gasteiger partial charge >= 0.3 is 0 Å². The van der Waals surface area contributed by atoms with Gasteiger partial charge in [0, 0.05) is 0 Å². The van der Waals surface area contributed by atoms with Crippen LogP contribution in [-0.4, -0.2) is 11.2 Å². The average molecular weight is 214 g/mol. The highest BCUT2D eigenvalue weighted by Crippen LogP contribution is 2.36. The lowest BCUT2D eigenvalue weighted by Crippen LogP contribution is -2.27. The Morgan fingerprint density at radius 2 is 1.79 bits per heavy atom. The van der Waals surface area contributed by atoms with Crippen LogP contribution in [0.1, 0.15) is 24.4 Å². The first-order valence-corrected chi connectivity index (χ1v) is 4.77. The molecule has 1 aromatic rings. The van der Waals surface area contributed by atoms with Gasteiger partial charge in [0.15, 0.2) is 0 Å². The molecule has 2 nitrogen and oxygen atoms in total. The molecule has 3 N–H and O–H groups in total. The maximum absolute atomic E-state index is 9.79. The third-order valence-corrected chi connectivity index (χ3v) is 2.66. The SMILES string of the molecule is Cl.N[C@@H](c1ccccc1)[C@H](O)C1CC1. The first-order valence-electron chi connectivity index (χ1n) is 4.77. The fourth-order valence-corrected chi connectivity index (χ4v) is 1.60. The molecule has 1 aliphatic carbocycles. The number of halogens is 1. The summed E-state index contributed by atoms with van der Waals surface area (Å²) in [5.74, 6) is 0.440. The molecule has 0 aliphatic heterocycles. The van der Waals surface area contributed by atoms with E-state index in [9.17, 15) is 5.11 Å². The third-order valence-electron chi connectivity index (χ3n) is 2.66. The summed E-state index contributed by atoms with van der Waals surface area (Å²) in [5, 5.41) is 9.79. The summed E-state index contributed by atoms with van der Waals surface area (Å²) in [6.07, 6.45) is 1.89. The number of benzene rings is 1. The second-order valence-corrected chi connectivity index (χ2v) is 3.76. The van der Waals surface area contributed by atoms with E-state index in [4.69, 9.17) is 5.73 Å². The molecule has 0 amide bonds. The molecule has 0 heterocycles. The molecule has 1 fully saturated rings. The molecule has 0 saturated heterocycles. The lowest BCUT2D eigenvalue weighted by molar-refractivity contribution is 0.122. The van der Waals surface area contributed by atoms with Crippen LogP contribution in [0.15, 0.2) is 30.3 Å². The highest BCUT2D eigenvalue weighted by atomic mass is 35.5. The first-order chi connectivity index (χ1) is 6.29. The molecule has 0 bridgehead atoms. The van der Waals surface area contributed by atoms with Crippen LogP contribution in [0.4, 0.5) is 0 Å². The van der Waals surface area contributed by atoms with Gasteiger partial charge in [-0.1, -0.05) is 30.3 Å². The predicted octanol–water partition coefficient (Wildman–Crippen LogP) is 1.88. The van der Waals surface area contributed by atoms with Crippen molar-refractivity contribution < 1.29 is 5.11 Å². The molecule has 1 saturated carbocycles. The van der Waals surface area contributed by atoms with E-state index in [1.165, 1.54) is 0 Å². The second kappa shape index (κ2) is 4.78. The van der Waals surface area contributed by atoms with E-state index < -0.39 is 0 Å². The Balaban J connectivity index is 0.000000980. The van der Waals surface area contributed by atoms with E-state index in [-0.39, 0.29) is 24.6 Å². The monoisotopic (exact) mass is 213 g/mol. The minimum absolute atomic E-state index is 0. The van der Waals surface area contributed by atoms with E-state index in [0.29, 0.717) is 5.92 Å². The Kier molecular flexibility index (Phi) is 3.93. The lowest BCUT2D eigenvalue weighted by atomic mass is 9.99. The fraction of sp³-hybridized carbons (Fsp3) is 0.455. The van der Waals surface area contributed by atoms with Crippen molar-refractivity contribution in [3.8, 4) is 0 Å². The van der Waals surface area contributed by atoms with Crippen molar-refractivity contribution >= 4 is 12.4 Å². The first kappa shape index (κ1) is 11.5. The zero-order chi connectivity index (χ0) is 9.26. The number of aliphatic hydroxyl groups is 1. The standard InChI is InChI=1S/C11H15NO.ClH/c12-10(11(13)9-6-7-9)8-4-2-1-3-5-8;/h1-5,9-11,13H,6-7,12H2;1H/t10-,11+;/m0./s1. The molecule has 0 spiro atoms. The largest absolute Gasteiger partial charge is 0.391 e. The van der Waals surface area contributed by atoms with E-state index in [2.05, 4.69) is 0 Å². The Hall–Kier alpha value is -0.570. The smallest absolute Gasteiger partial charge is 0.0760 e. The number of nitrogens with two attached hydrogens (primary N) is 1. The summed E-state index contributed by atoms with van der Waals surface area (Å²) in [6, 6.07) is 9.59. The van der Waals surface area contributed by atoms with Gasteiger partial charge in [-0.2, -0.15) is 0 Å². The summed E-state index contributed by atoms with van der Waals surface area (Å²) in [4.78, 5) is 0. The Labute approximate surface area is 90.5 Å². The molecule has 3 heteroatoms. The van der Waals surface area contributed by atoms with E-state index in [0.717, 1.165) is 18.4 Å². The summed E-state index contributed by atoms with van der Waals surface area (Å²) >= 11 is 0. The quantitative estimate of drug-likeness (QED) is 0.806. The van der Waals surface area contributed by atoms with E-state index in [1.54, 1.807) is 0 Å². The zero-order valence-corrected chi connectivity index (χ0v) is 8.78. The summed E-state index contributed by atoms with van der Waals surface area (Å²) in [6.45, 7) is 0. The number of rotatable bonds is 3. The van der Waals surface area contributed by atoms with Crippen LogP contribution in [-0.2, 0) is 0 Å². The molecule has 0 aromatic heterocycles. The van der Waals surface area contributed by atoms with Crippen LogP contribution in [0.2, 0.25) is 0 Å². The highest BCUT2D eigenvalue weighted by molar-refractivity contribution is 5.85. The summed E-state index contributed by atoms with van der Waals surface area (Å²) in [7, 11) is 0. The van der Waals surface area contributed by atoms with Gasteiger partial charge in [-0.15, -0.1) is 12.4 Å². The normalized spacial score (nSPS) is 19.6. The van der Waals surface area contributed by atoms with E-state index >= 15 is 0 Å². The molecule has 1 aromatic carbocycles. The molecule has 0 radical (unpaired) electrons. The van der Waals surface area contributed by atoms with E-state index in [1.807, 2.05) is 30.3 Å². The van der Waals surface area contributed by atoms with Crippen molar-refractivity contribution in [3.63, 3.8) is 0 Å². The van der Waals surface area contributed by atoms with Crippen LogP contribution < -0.4 is 5.73 Å². The minimum atomic E-state index is -0.359. The van der Waals surface area contributed by atoms with Crippen molar-refractivity contribution in [1.29, 1.82) is 0 Å². The van der Waals surface area contributed by atoms with Gasteiger partial charge in [-0.3, -0.25) is 0 Å². The maximum atomic E-state index is 9.79. The predicted molar refractivity (Wildman–Crippen MR) is 59.3 cm³/mol. The lowest BCUT2D eigenvalue weighted by Gasteiger charge is -2.18. The number of hydrogen-bond acceptors (Lipinski definition) is 2. The number of hydrogen-bond donors (Lipinski definition) is 2. The Morgan fingerprint density at radius 3 is 2.29 bits per heavy atom. The highest BCUT2D eigenvalue weighted by Gasteiger charge is 2.33. The van der Waals surface area contributed by atoms with Gasteiger partial charge in [0.05, 0.1) is 12.1 Å². The molecular formula is C11H16ClNO. The summed E-state index contributed by atoms with van der Waals surface area (Å²) < 4.78 is 0. The van der Waals surface area contributed by atoms with Crippen LogP contribution in [0.5, 0.6) is 0 Å². The molecule has 2 atom stereocenters. The maximum Gasteiger partial charge on any atom is 0.0760 e. The fourth-order valence-electron chi connectivity index (χ4n) is 1.60. The van der Waals surface area contributed by atoms with Gasteiger partial charge in [-0.25, -0.2) is 0 Å². The van der Waals surface area contributed by atoms with Gasteiger partial charge in [0.1, 0.15) is 0 Å². The van der Waals surface area contributed by atoms with Gasteiger partial charge in [0.2, 0.25) is 0 Å². The van der Waals surface area contributed by atoms with Crippen LogP contribution >= 0.6 is 12.4 Å². The van der Waals surface area contributed by atoms with Crippen molar-refractivity contribution in [2.45, 2.75) is 25.0 Å². The summed E-state index contributed by atoms with van der Waals surface area (Å²) in [5.41, 5.74) is 6.96. The van der Waals surface area contributed by atoms with Crippen molar-refractivity contribution in [1.82, 2.24) is 0 Å². The Morgan fingerprint density at radius 1 is 1.21 bits per heavy atom. The Bertz CT molecular complexity index is 274. The molecule has 78 valence electrons. The van der Waals surface area contributed by atoms with Crippen LogP contribution in [0, 0.1) is 5.92 Å².